The first kappa shape index (κ1) is 16.2. The van der Waals surface area contributed by atoms with Crippen LogP contribution in [0.5, 0.6) is 0 Å². The van der Waals surface area contributed by atoms with Crippen LogP contribution in [0.3, 0.4) is 0 Å². The lowest BCUT2D eigenvalue weighted by Crippen LogP contribution is -2.60. The quantitative estimate of drug-likeness (QED) is 0.477. The molecule has 16 heavy (non-hydrogen) atoms. The van der Waals surface area contributed by atoms with Gasteiger partial charge in [0.2, 0.25) is 0 Å². The molecule has 0 saturated heterocycles. The van der Waals surface area contributed by atoms with Crippen molar-refractivity contribution >= 4 is 8.07 Å². The molecule has 0 N–H and O–H groups in total. The third-order valence-electron chi connectivity index (χ3n) is 4.42. The Labute approximate surface area is 105 Å². The first-order valence-electron chi connectivity index (χ1n) is 6.69. The summed E-state index contributed by atoms with van der Waals surface area (Å²) >= 11 is 0. The molecule has 0 heterocycles. The van der Waals surface area contributed by atoms with E-state index < -0.39 is 8.07 Å². The highest BCUT2D eigenvalue weighted by atomic mass is 28.3. The topological polar surface area (TPSA) is 0 Å². The molecule has 0 unspecified atom stereocenters. The molecule has 0 amide bonds. The summed E-state index contributed by atoms with van der Waals surface area (Å²) in [5.41, 5.74) is 0.812. The highest BCUT2D eigenvalue weighted by molar-refractivity contribution is 6.88. The van der Waals surface area contributed by atoms with E-state index >= 15 is 0 Å². The summed E-state index contributed by atoms with van der Waals surface area (Å²) < 4.78 is 0. The van der Waals surface area contributed by atoms with Gasteiger partial charge < -0.3 is 0 Å². The summed E-state index contributed by atoms with van der Waals surface area (Å²) in [5, 5.41) is 1.33. The Hall–Kier alpha value is 0.217. The van der Waals surface area contributed by atoms with Crippen LogP contribution in [0, 0.1) is 0 Å². The van der Waals surface area contributed by atoms with Crippen LogP contribution < -0.4 is 0 Å². The molecular weight excluding hydrogens is 208 g/mol. The fourth-order valence-electron chi connectivity index (χ4n) is 5.97. The molecule has 0 saturated carbocycles. The Morgan fingerprint density at radius 2 is 0.750 bits per heavy atom. The molecule has 0 aromatic heterocycles. The Morgan fingerprint density at radius 1 is 0.562 bits per heavy atom. The van der Waals surface area contributed by atoms with Crippen LogP contribution in [0.15, 0.2) is 0 Å². The zero-order valence-electron chi connectivity index (χ0n) is 13.6. The van der Waals surface area contributed by atoms with Gasteiger partial charge in [-0.2, -0.15) is 0 Å². The Kier molecular flexibility index (Phi) is 4.21. The van der Waals surface area contributed by atoms with Gasteiger partial charge in [-0.1, -0.05) is 76.2 Å². The fraction of sp³-hybridized carbons (Fsp3) is 1.00. The Balaban J connectivity index is 6.05. The van der Waals surface area contributed by atoms with Crippen molar-refractivity contribution in [3.8, 4) is 0 Å². The zero-order chi connectivity index (χ0) is 13.6. The summed E-state index contributed by atoms with van der Waals surface area (Å²) in [6.07, 6.45) is 0. The highest BCUT2D eigenvalue weighted by Gasteiger charge is 2.60. The van der Waals surface area contributed by atoms with Crippen molar-refractivity contribution in [3.63, 3.8) is 0 Å². The van der Waals surface area contributed by atoms with E-state index in [9.17, 15) is 0 Å². The molecule has 1 heteroatoms. The Bertz CT molecular complexity index is 194. The van der Waals surface area contributed by atoms with Gasteiger partial charge in [0.25, 0.3) is 0 Å². The van der Waals surface area contributed by atoms with Gasteiger partial charge in [-0.3, -0.25) is 0 Å². The van der Waals surface area contributed by atoms with Crippen LogP contribution in [0.1, 0.15) is 76.2 Å². The molecule has 0 rings (SSSR count). The summed E-state index contributed by atoms with van der Waals surface area (Å²) in [6, 6.07) is 0. The monoisotopic (exact) mass is 242 g/mol. The minimum absolute atomic E-state index is 0.442. The van der Waals surface area contributed by atoms with Gasteiger partial charge >= 0.3 is 0 Å². The molecule has 0 aliphatic carbocycles. The zero-order valence-corrected chi connectivity index (χ0v) is 14.6. The molecule has 98 valence electrons. The lowest BCUT2D eigenvalue weighted by Gasteiger charge is -2.62. The van der Waals surface area contributed by atoms with Gasteiger partial charge in [0.15, 0.2) is 0 Å². The molecule has 0 aromatic carbocycles. The van der Waals surface area contributed by atoms with Gasteiger partial charge in [0.05, 0.1) is 8.07 Å². The van der Waals surface area contributed by atoms with Gasteiger partial charge in [0, 0.05) is 0 Å². The van der Waals surface area contributed by atoms with Crippen LogP contribution in [0.4, 0.5) is 0 Å². The standard InChI is InChI=1S/C15H34Si/c1-12(2)16(13(3,4)5,14(6,7)8)15(9,10)11/h12H,1-11H3. The lowest BCUT2D eigenvalue weighted by atomic mass is 10.2. The molecule has 0 nitrogen and oxygen atoms in total. The van der Waals surface area contributed by atoms with Crippen molar-refractivity contribution in [3.05, 3.63) is 0 Å². The molecule has 0 aliphatic heterocycles. The first-order valence-corrected chi connectivity index (χ1v) is 8.77. The third kappa shape index (κ3) is 2.25. The van der Waals surface area contributed by atoms with Crippen LogP contribution >= 0.6 is 0 Å². The number of hydrogen-bond acceptors (Lipinski definition) is 0. The van der Waals surface area contributed by atoms with E-state index in [1.807, 2.05) is 0 Å². The first-order chi connectivity index (χ1) is 6.69. The van der Waals surface area contributed by atoms with Crippen molar-refractivity contribution in [1.82, 2.24) is 0 Å². The molecule has 0 fully saturated rings. The largest absolute Gasteiger partial charge is 0.0723 e. The van der Waals surface area contributed by atoms with E-state index in [0.717, 1.165) is 5.54 Å². The van der Waals surface area contributed by atoms with Crippen LogP contribution in [0.25, 0.3) is 0 Å². The second-order valence-electron chi connectivity index (χ2n) is 8.71. The summed E-state index contributed by atoms with van der Waals surface area (Å²) in [6.45, 7) is 27.1. The van der Waals surface area contributed by atoms with Crippen molar-refractivity contribution in [1.29, 1.82) is 0 Å². The van der Waals surface area contributed by atoms with E-state index in [4.69, 9.17) is 0 Å². The molecule has 0 bridgehead atoms. The van der Waals surface area contributed by atoms with Gasteiger partial charge in [-0.05, 0) is 20.7 Å². The van der Waals surface area contributed by atoms with Gasteiger partial charge in [-0.15, -0.1) is 0 Å². The Morgan fingerprint density at radius 3 is 0.750 bits per heavy atom. The third-order valence-corrected chi connectivity index (χ3v) is 13.2. The molecule has 0 spiro atoms. The van der Waals surface area contributed by atoms with Crippen LogP contribution in [-0.4, -0.2) is 8.07 Å². The summed E-state index contributed by atoms with van der Waals surface area (Å²) in [4.78, 5) is 0. The number of hydrogen-bond donors (Lipinski definition) is 0. The maximum absolute atomic E-state index is 2.47. The van der Waals surface area contributed by atoms with Crippen LogP contribution in [-0.2, 0) is 0 Å². The van der Waals surface area contributed by atoms with E-state index in [1.54, 1.807) is 0 Å². The number of rotatable bonds is 1. The van der Waals surface area contributed by atoms with Gasteiger partial charge in [-0.25, -0.2) is 0 Å². The van der Waals surface area contributed by atoms with Gasteiger partial charge in [0.1, 0.15) is 0 Å². The fourth-order valence-corrected chi connectivity index (χ4v) is 17.9. The average molecular weight is 243 g/mol. The van der Waals surface area contributed by atoms with Crippen molar-refractivity contribution in [2.45, 2.75) is 96.8 Å². The van der Waals surface area contributed by atoms with Crippen molar-refractivity contribution in [2.75, 3.05) is 0 Å². The minimum Gasteiger partial charge on any atom is -0.0651 e. The van der Waals surface area contributed by atoms with Crippen molar-refractivity contribution in [2.24, 2.45) is 0 Å². The molecule has 0 radical (unpaired) electrons. The smallest absolute Gasteiger partial charge is 0.0651 e. The maximum atomic E-state index is 2.47. The second-order valence-corrected chi connectivity index (χ2v) is 16.0. The maximum Gasteiger partial charge on any atom is 0.0723 e. The predicted molar refractivity (Wildman–Crippen MR) is 80.0 cm³/mol. The van der Waals surface area contributed by atoms with E-state index in [2.05, 4.69) is 76.2 Å². The molecule has 0 aromatic rings. The average Bonchev–Trinajstić information content (AvgIpc) is 1.71. The normalized spacial score (nSPS) is 15.8. The minimum atomic E-state index is -1.48. The highest BCUT2D eigenvalue weighted by Crippen LogP contribution is 2.66. The van der Waals surface area contributed by atoms with Crippen LogP contribution in [0.2, 0.25) is 20.7 Å². The lowest BCUT2D eigenvalue weighted by molar-refractivity contribution is 0.510. The molecular formula is C15H34Si. The van der Waals surface area contributed by atoms with E-state index in [0.29, 0.717) is 15.1 Å². The van der Waals surface area contributed by atoms with E-state index in [1.165, 1.54) is 0 Å². The van der Waals surface area contributed by atoms with Crippen molar-refractivity contribution < 1.29 is 0 Å². The predicted octanol–water partition coefficient (Wildman–Crippen LogP) is 6.25. The second kappa shape index (κ2) is 4.15. The molecule has 0 atom stereocenters. The molecule has 0 aliphatic rings. The summed E-state index contributed by atoms with van der Waals surface area (Å²) in [5.74, 6) is 0. The van der Waals surface area contributed by atoms with E-state index in [-0.39, 0.29) is 0 Å². The SMILES string of the molecule is CC(C)[Si](C(C)(C)C)(C(C)(C)C)C(C)(C)C. The summed E-state index contributed by atoms with van der Waals surface area (Å²) in [7, 11) is -1.48.